The number of halogens is 1. The maximum absolute atomic E-state index is 12.8. The SMILES string of the molecule is Cc1ccc2[nH]ncc2c1-c1nc(-c2ccc(Cl)cc2NC(=O)C2(C)CC2)nc(C(N)=O)c1N. The predicted octanol–water partition coefficient (Wildman–Crippen LogP) is 4.07. The Hall–Kier alpha value is -3.98. The van der Waals surface area contributed by atoms with Crippen molar-refractivity contribution in [3.8, 4) is 22.6 Å². The number of nitrogens with zero attached hydrogens (tertiary/aromatic N) is 3. The molecular weight excluding hydrogens is 454 g/mol. The van der Waals surface area contributed by atoms with Crippen LogP contribution in [0.2, 0.25) is 5.02 Å². The largest absolute Gasteiger partial charge is 0.395 e. The monoisotopic (exact) mass is 475 g/mol. The second-order valence-corrected chi connectivity index (χ2v) is 9.25. The van der Waals surface area contributed by atoms with Crippen LogP contribution in [0.15, 0.2) is 36.5 Å². The van der Waals surface area contributed by atoms with Crippen LogP contribution in [0, 0.1) is 12.3 Å². The number of anilines is 2. The van der Waals surface area contributed by atoms with E-state index >= 15 is 0 Å². The minimum Gasteiger partial charge on any atom is -0.395 e. The van der Waals surface area contributed by atoms with Gasteiger partial charge in [-0.1, -0.05) is 24.6 Å². The number of rotatable bonds is 5. The van der Waals surface area contributed by atoms with Gasteiger partial charge >= 0.3 is 0 Å². The summed E-state index contributed by atoms with van der Waals surface area (Å²) in [7, 11) is 0. The van der Waals surface area contributed by atoms with E-state index in [-0.39, 0.29) is 23.1 Å². The summed E-state index contributed by atoms with van der Waals surface area (Å²) in [6.45, 7) is 3.82. The van der Waals surface area contributed by atoms with Crippen LogP contribution in [0.3, 0.4) is 0 Å². The lowest BCUT2D eigenvalue weighted by atomic mass is 9.99. The quantitative estimate of drug-likeness (QED) is 0.341. The first-order valence-electron chi connectivity index (χ1n) is 10.7. The molecule has 1 aliphatic rings. The number of hydrogen-bond donors (Lipinski definition) is 4. The highest BCUT2D eigenvalue weighted by Crippen LogP contribution is 2.46. The van der Waals surface area contributed by atoms with E-state index in [2.05, 4.69) is 20.5 Å². The van der Waals surface area contributed by atoms with Crippen LogP contribution < -0.4 is 16.8 Å². The molecule has 34 heavy (non-hydrogen) atoms. The molecule has 4 aromatic rings. The van der Waals surface area contributed by atoms with Gasteiger partial charge in [0.1, 0.15) is 0 Å². The average molecular weight is 476 g/mol. The molecular formula is C24H22ClN7O2. The molecule has 0 unspecified atom stereocenters. The number of amides is 2. The number of carbonyl (C=O) groups excluding carboxylic acids is 2. The molecule has 0 radical (unpaired) electrons. The Morgan fingerprint density at radius 3 is 2.65 bits per heavy atom. The molecule has 2 heterocycles. The Balaban J connectivity index is 1.74. The number of carbonyl (C=O) groups is 2. The highest BCUT2D eigenvalue weighted by Gasteiger charge is 2.45. The Morgan fingerprint density at radius 2 is 1.94 bits per heavy atom. The van der Waals surface area contributed by atoms with Crippen molar-refractivity contribution < 1.29 is 9.59 Å². The summed E-state index contributed by atoms with van der Waals surface area (Å²) in [5.74, 6) is -0.712. The van der Waals surface area contributed by atoms with Gasteiger partial charge in [0.2, 0.25) is 5.91 Å². The van der Waals surface area contributed by atoms with E-state index in [1.165, 1.54) is 0 Å². The van der Waals surface area contributed by atoms with E-state index in [1.807, 2.05) is 26.0 Å². The molecule has 9 nitrogen and oxygen atoms in total. The Labute approximate surface area is 199 Å². The summed E-state index contributed by atoms with van der Waals surface area (Å²) >= 11 is 6.23. The second kappa shape index (κ2) is 7.81. The smallest absolute Gasteiger partial charge is 0.269 e. The fourth-order valence-electron chi connectivity index (χ4n) is 3.91. The van der Waals surface area contributed by atoms with Crippen LogP contribution in [0.1, 0.15) is 35.8 Å². The Morgan fingerprint density at radius 1 is 1.18 bits per heavy atom. The summed E-state index contributed by atoms with van der Waals surface area (Å²) in [5, 5.41) is 11.2. The molecule has 5 rings (SSSR count). The van der Waals surface area contributed by atoms with E-state index in [0.29, 0.717) is 27.5 Å². The number of nitrogen functional groups attached to an aromatic ring is 1. The summed E-state index contributed by atoms with van der Waals surface area (Å²) in [6, 6.07) is 8.80. The lowest BCUT2D eigenvalue weighted by Crippen LogP contribution is -2.22. The van der Waals surface area contributed by atoms with Gasteiger partial charge in [-0.05, 0) is 49.6 Å². The summed E-state index contributed by atoms with van der Waals surface area (Å²) < 4.78 is 0. The van der Waals surface area contributed by atoms with Crippen LogP contribution in [0.25, 0.3) is 33.5 Å². The summed E-state index contributed by atoms with van der Waals surface area (Å²) in [5.41, 5.74) is 15.2. The van der Waals surface area contributed by atoms with Gasteiger partial charge in [-0.25, -0.2) is 9.97 Å². The predicted molar refractivity (Wildman–Crippen MR) is 131 cm³/mol. The number of H-pyrrole nitrogens is 1. The first-order valence-corrected chi connectivity index (χ1v) is 11.1. The Kier molecular flexibility index (Phi) is 5.02. The molecule has 0 spiro atoms. The molecule has 0 aliphatic heterocycles. The normalized spacial score (nSPS) is 14.2. The van der Waals surface area contributed by atoms with E-state index in [1.54, 1.807) is 24.4 Å². The van der Waals surface area contributed by atoms with Crippen LogP contribution in [0.5, 0.6) is 0 Å². The van der Waals surface area contributed by atoms with Crippen molar-refractivity contribution >= 4 is 45.7 Å². The van der Waals surface area contributed by atoms with Crippen LogP contribution in [-0.4, -0.2) is 32.0 Å². The number of benzene rings is 2. The van der Waals surface area contributed by atoms with Crippen molar-refractivity contribution in [3.63, 3.8) is 0 Å². The van der Waals surface area contributed by atoms with Crippen molar-refractivity contribution in [2.24, 2.45) is 11.1 Å². The fourth-order valence-corrected chi connectivity index (χ4v) is 4.08. The van der Waals surface area contributed by atoms with Crippen LogP contribution in [0.4, 0.5) is 11.4 Å². The van der Waals surface area contributed by atoms with Gasteiger partial charge in [-0.15, -0.1) is 0 Å². The highest BCUT2D eigenvalue weighted by atomic mass is 35.5. The third-order valence-electron chi connectivity index (χ3n) is 6.27. The van der Waals surface area contributed by atoms with Gasteiger partial charge in [0.15, 0.2) is 11.5 Å². The molecule has 172 valence electrons. The molecule has 1 saturated carbocycles. The number of fused-ring (bicyclic) bond motifs is 1. The maximum Gasteiger partial charge on any atom is 0.269 e. The fraction of sp³-hybridized carbons (Fsp3) is 0.208. The molecule has 1 fully saturated rings. The molecule has 0 atom stereocenters. The maximum atomic E-state index is 12.8. The van der Waals surface area contributed by atoms with Crippen molar-refractivity contribution in [2.45, 2.75) is 26.7 Å². The van der Waals surface area contributed by atoms with Crippen molar-refractivity contribution in [2.75, 3.05) is 11.1 Å². The van der Waals surface area contributed by atoms with Crippen molar-refractivity contribution in [1.82, 2.24) is 20.2 Å². The van der Waals surface area contributed by atoms with Gasteiger partial charge in [-0.2, -0.15) is 5.10 Å². The molecule has 10 heteroatoms. The first-order chi connectivity index (χ1) is 16.2. The van der Waals surface area contributed by atoms with Gasteiger partial charge in [0.05, 0.1) is 28.8 Å². The van der Waals surface area contributed by atoms with Gasteiger partial charge in [0, 0.05) is 27.0 Å². The summed E-state index contributed by atoms with van der Waals surface area (Å²) in [4.78, 5) is 34.2. The number of nitrogens with two attached hydrogens (primary N) is 2. The number of hydrogen-bond acceptors (Lipinski definition) is 6. The van der Waals surface area contributed by atoms with Gasteiger partial charge < -0.3 is 16.8 Å². The zero-order chi connectivity index (χ0) is 24.2. The average Bonchev–Trinajstić information content (AvgIpc) is 3.37. The molecule has 0 saturated heterocycles. The molecule has 2 amide bonds. The van der Waals surface area contributed by atoms with Crippen LogP contribution in [-0.2, 0) is 4.79 Å². The number of aromatic amines is 1. The zero-order valence-electron chi connectivity index (χ0n) is 18.6. The molecule has 2 aromatic carbocycles. The van der Waals surface area contributed by atoms with E-state index < -0.39 is 11.3 Å². The summed E-state index contributed by atoms with van der Waals surface area (Å²) in [6.07, 6.45) is 3.31. The van der Waals surface area contributed by atoms with Crippen molar-refractivity contribution in [1.29, 1.82) is 0 Å². The number of nitrogens with one attached hydrogen (secondary N) is 2. The van der Waals surface area contributed by atoms with E-state index in [4.69, 9.17) is 28.1 Å². The van der Waals surface area contributed by atoms with E-state index in [9.17, 15) is 9.59 Å². The Bertz CT molecular complexity index is 1490. The third kappa shape index (κ3) is 3.63. The number of aromatic nitrogens is 4. The van der Waals surface area contributed by atoms with Gasteiger partial charge in [0.25, 0.3) is 5.91 Å². The topological polar surface area (TPSA) is 153 Å². The zero-order valence-corrected chi connectivity index (χ0v) is 19.3. The first kappa shape index (κ1) is 21.8. The minimum absolute atomic E-state index is 0.0677. The highest BCUT2D eigenvalue weighted by molar-refractivity contribution is 6.31. The lowest BCUT2D eigenvalue weighted by molar-refractivity contribution is -0.120. The molecule has 2 aromatic heterocycles. The van der Waals surface area contributed by atoms with E-state index in [0.717, 1.165) is 29.3 Å². The third-order valence-corrected chi connectivity index (χ3v) is 6.50. The molecule has 0 bridgehead atoms. The second-order valence-electron chi connectivity index (χ2n) is 8.82. The number of aryl methyl sites for hydroxylation is 1. The minimum atomic E-state index is -0.788. The molecule has 1 aliphatic carbocycles. The standard InChI is InChI=1S/C24H22ClN7O2/c1-11-3-6-15-14(10-28-32-15)17(11)19-18(26)20(21(27)33)31-22(30-19)13-5-4-12(25)9-16(13)29-23(34)24(2)7-8-24/h3-6,9-10H,7-8,26H2,1-2H3,(H2,27,33)(H,28,32)(H,29,34). The number of primary amides is 1. The van der Waals surface area contributed by atoms with Crippen LogP contribution >= 0.6 is 11.6 Å². The van der Waals surface area contributed by atoms with Crippen molar-refractivity contribution in [3.05, 3.63) is 52.8 Å². The molecule has 6 N–H and O–H groups in total. The van der Waals surface area contributed by atoms with Gasteiger partial charge in [-0.3, -0.25) is 14.7 Å². The lowest BCUT2D eigenvalue weighted by Gasteiger charge is -2.17.